The molecule has 3 amide bonds. The first-order valence-corrected chi connectivity index (χ1v) is 11.2. The summed E-state index contributed by atoms with van der Waals surface area (Å²) in [5, 5.41) is 33.6. The Kier molecular flexibility index (Phi) is 13.0. The summed E-state index contributed by atoms with van der Waals surface area (Å²) in [6, 6.07) is 2.82. The molecule has 8 N–H and O–H groups in total. The van der Waals surface area contributed by atoms with Crippen molar-refractivity contribution in [2.24, 2.45) is 5.73 Å². The van der Waals surface area contributed by atoms with Crippen LogP contribution < -0.4 is 21.7 Å². The largest absolute Gasteiger partial charge is 0.481 e. The highest BCUT2D eigenvalue weighted by atomic mass is 16.4. The second kappa shape index (κ2) is 15.6. The molecule has 1 aromatic carbocycles. The zero-order chi connectivity index (χ0) is 28.0. The van der Waals surface area contributed by atoms with Crippen molar-refractivity contribution in [2.75, 3.05) is 0 Å². The Labute approximate surface area is 211 Å². The van der Waals surface area contributed by atoms with Crippen LogP contribution in [0.15, 0.2) is 30.3 Å². The smallest absolute Gasteiger partial charge is 0.305 e. The van der Waals surface area contributed by atoms with Crippen molar-refractivity contribution < 1.29 is 48.9 Å². The van der Waals surface area contributed by atoms with E-state index in [-0.39, 0.29) is 19.3 Å². The number of carboxylic acid groups (broad SMARTS) is 3. The molecule has 201 valence electrons. The van der Waals surface area contributed by atoms with E-state index in [2.05, 4.69) is 16.0 Å². The molecule has 14 heteroatoms. The van der Waals surface area contributed by atoms with Gasteiger partial charge in [-0.15, -0.1) is 0 Å². The van der Waals surface area contributed by atoms with Crippen molar-refractivity contribution >= 4 is 41.9 Å². The molecular formula is C23H29N4O10. The number of carboxylic acids is 3. The van der Waals surface area contributed by atoms with Crippen LogP contribution in [0.4, 0.5) is 0 Å². The normalized spacial score (nSPS) is 13.8. The van der Waals surface area contributed by atoms with E-state index in [1.54, 1.807) is 30.3 Å². The average molecular weight is 522 g/mol. The minimum atomic E-state index is -1.47. The van der Waals surface area contributed by atoms with Gasteiger partial charge in [0.15, 0.2) is 0 Å². The van der Waals surface area contributed by atoms with Gasteiger partial charge in [-0.3, -0.25) is 33.6 Å². The van der Waals surface area contributed by atoms with Gasteiger partial charge < -0.3 is 37.0 Å². The maximum atomic E-state index is 13.1. The first kappa shape index (κ1) is 30.7. The minimum Gasteiger partial charge on any atom is -0.481 e. The molecule has 14 nitrogen and oxygen atoms in total. The van der Waals surface area contributed by atoms with Gasteiger partial charge in [0.2, 0.25) is 24.0 Å². The summed E-state index contributed by atoms with van der Waals surface area (Å²) in [7, 11) is 0. The van der Waals surface area contributed by atoms with E-state index in [4.69, 9.17) is 21.1 Å². The molecule has 0 spiro atoms. The molecule has 37 heavy (non-hydrogen) atoms. The van der Waals surface area contributed by atoms with Crippen molar-refractivity contribution in [3.63, 3.8) is 0 Å². The fraction of sp³-hybridized carbons (Fsp3) is 0.435. The van der Waals surface area contributed by atoms with Crippen LogP contribution in [0.3, 0.4) is 0 Å². The van der Waals surface area contributed by atoms with E-state index >= 15 is 0 Å². The molecule has 0 bridgehead atoms. The molecule has 4 atom stereocenters. The Balaban J connectivity index is 3.09. The zero-order valence-corrected chi connectivity index (χ0v) is 19.7. The van der Waals surface area contributed by atoms with Crippen molar-refractivity contribution in [1.29, 1.82) is 0 Å². The molecule has 1 rings (SSSR count). The topological polar surface area (TPSA) is 242 Å². The van der Waals surface area contributed by atoms with Gasteiger partial charge in [0.1, 0.15) is 12.1 Å². The Hall–Kier alpha value is -4.33. The van der Waals surface area contributed by atoms with Crippen LogP contribution in [0, 0.1) is 0 Å². The Morgan fingerprint density at radius 3 is 1.84 bits per heavy atom. The second-order valence-electron chi connectivity index (χ2n) is 8.06. The fourth-order valence-electron chi connectivity index (χ4n) is 3.13. The van der Waals surface area contributed by atoms with E-state index in [1.165, 1.54) is 6.29 Å². The summed E-state index contributed by atoms with van der Waals surface area (Å²) >= 11 is 0. The van der Waals surface area contributed by atoms with Crippen LogP contribution in [0.1, 0.15) is 37.7 Å². The van der Waals surface area contributed by atoms with Gasteiger partial charge in [-0.2, -0.15) is 0 Å². The van der Waals surface area contributed by atoms with Crippen LogP contribution in [0.25, 0.3) is 0 Å². The van der Waals surface area contributed by atoms with Crippen LogP contribution in [0.2, 0.25) is 0 Å². The highest BCUT2D eigenvalue weighted by molar-refractivity contribution is 5.94. The molecule has 0 saturated heterocycles. The van der Waals surface area contributed by atoms with E-state index < -0.39 is 79.1 Å². The Morgan fingerprint density at radius 2 is 1.30 bits per heavy atom. The molecule has 0 aliphatic rings. The maximum Gasteiger partial charge on any atom is 0.305 e. The number of amides is 3. The van der Waals surface area contributed by atoms with Gasteiger partial charge in [-0.25, -0.2) is 0 Å². The molecule has 1 radical (unpaired) electrons. The lowest BCUT2D eigenvalue weighted by Gasteiger charge is -2.24. The first-order valence-electron chi connectivity index (χ1n) is 11.2. The molecule has 0 fully saturated rings. The second-order valence-corrected chi connectivity index (χ2v) is 8.06. The lowest BCUT2D eigenvalue weighted by molar-refractivity contribution is -0.140. The number of nitrogens with two attached hydrogens (primary N) is 1. The molecule has 0 aliphatic heterocycles. The van der Waals surface area contributed by atoms with Gasteiger partial charge in [-0.05, 0) is 18.4 Å². The lowest BCUT2D eigenvalue weighted by atomic mass is 10.0. The molecule has 0 unspecified atom stereocenters. The van der Waals surface area contributed by atoms with Gasteiger partial charge in [-0.1, -0.05) is 30.3 Å². The molecule has 0 saturated carbocycles. The van der Waals surface area contributed by atoms with Gasteiger partial charge in [0.05, 0.1) is 18.5 Å². The third-order valence-electron chi connectivity index (χ3n) is 5.03. The number of hydrogen-bond donors (Lipinski definition) is 7. The van der Waals surface area contributed by atoms with Crippen molar-refractivity contribution in [3.05, 3.63) is 35.9 Å². The summed E-state index contributed by atoms with van der Waals surface area (Å²) in [4.78, 5) is 82.0. The van der Waals surface area contributed by atoms with Crippen molar-refractivity contribution in [2.45, 2.75) is 62.7 Å². The van der Waals surface area contributed by atoms with Crippen LogP contribution in [-0.2, 0) is 40.0 Å². The predicted octanol–water partition coefficient (Wildman–Crippen LogP) is -1.68. The van der Waals surface area contributed by atoms with Crippen molar-refractivity contribution in [3.8, 4) is 0 Å². The third kappa shape index (κ3) is 12.3. The fourth-order valence-corrected chi connectivity index (χ4v) is 3.13. The highest BCUT2D eigenvalue weighted by Crippen LogP contribution is 2.07. The van der Waals surface area contributed by atoms with Crippen LogP contribution >= 0.6 is 0 Å². The van der Waals surface area contributed by atoms with Gasteiger partial charge >= 0.3 is 17.9 Å². The molecule has 0 aliphatic carbocycles. The van der Waals surface area contributed by atoms with Crippen molar-refractivity contribution in [1.82, 2.24) is 16.0 Å². The third-order valence-corrected chi connectivity index (χ3v) is 5.03. The monoisotopic (exact) mass is 521 g/mol. The van der Waals surface area contributed by atoms with Crippen LogP contribution in [0.5, 0.6) is 0 Å². The number of benzene rings is 1. The number of hydrogen-bond acceptors (Lipinski definition) is 8. The quantitative estimate of drug-likeness (QED) is 0.122. The number of carbonyl (C=O) groups is 6. The lowest BCUT2D eigenvalue weighted by Crippen LogP contribution is -2.57. The first-order chi connectivity index (χ1) is 17.4. The Bertz CT molecular complexity index is 985. The minimum absolute atomic E-state index is 0.0746. The maximum absolute atomic E-state index is 13.1. The zero-order valence-electron chi connectivity index (χ0n) is 19.7. The SMILES string of the molecule is N[C@@H](CC(=O)O)C(=O)N[C@@H](Cc1ccccc1)C(=O)N[C@@H](CCC(=O)O)C(=O)N[C@H]([C]=O)CCC(=O)O. The summed E-state index contributed by atoms with van der Waals surface area (Å²) < 4.78 is 0. The standard InChI is InChI=1S/C23H29N4O10/c24-15(11-20(33)34)21(35)27-17(10-13-4-2-1-3-5-13)23(37)26-16(7-9-19(31)32)22(36)25-14(12-28)6-8-18(29)30/h1-5,14-17H,6-11,24H2,(H,25,36)(H,26,37)(H,27,35)(H,29,30)(H,31,32)(H,33,34)/t14-,15-,16-,17-/m0/s1. The number of aliphatic carboxylic acids is 3. The van der Waals surface area contributed by atoms with E-state index in [0.29, 0.717) is 5.56 Å². The predicted molar refractivity (Wildman–Crippen MR) is 126 cm³/mol. The number of nitrogens with one attached hydrogen (secondary N) is 3. The van der Waals surface area contributed by atoms with Gasteiger partial charge in [0, 0.05) is 19.3 Å². The molecule has 0 heterocycles. The van der Waals surface area contributed by atoms with Crippen LogP contribution in [-0.4, -0.2) is 81.4 Å². The van der Waals surface area contributed by atoms with E-state index in [1.807, 2.05) is 0 Å². The molecular weight excluding hydrogens is 492 g/mol. The van der Waals surface area contributed by atoms with E-state index in [9.17, 15) is 33.6 Å². The summed E-state index contributed by atoms with van der Waals surface area (Å²) in [6.07, 6.45) is -0.952. The molecule has 1 aromatic rings. The average Bonchev–Trinajstić information content (AvgIpc) is 2.83. The number of rotatable bonds is 17. The summed E-state index contributed by atoms with van der Waals surface area (Å²) in [5.74, 6) is -6.62. The number of carbonyl (C=O) groups excluding carboxylic acids is 4. The summed E-state index contributed by atoms with van der Waals surface area (Å²) in [5.41, 5.74) is 6.18. The summed E-state index contributed by atoms with van der Waals surface area (Å²) in [6.45, 7) is 0. The van der Waals surface area contributed by atoms with Gasteiger partial charge in [0.25, 0.3) is 0 Å². The van der Waals surface area contributed by atoms with E-state index in [0.717, 1.165) is 0 Å². The molecule has 0 aromatic heterocycles. The highest BCUT2D eigenvalue weighted by Gasteiger charge is 2.30. The Morgan fingerprint density at radius 1 is 0.757 bits per heavy atom.